The lowest BCUT2D eigenvalue weighted by atomic mass is 10.2. The number of anilines is 1. The fourth-order valence-corrected chi connectivity index (χ4v) is 2.84. The maximum absolute atomic E-state index is 5.62. The van der Waals surface area contributed by atoms with Crippen molar-refractivity contribution in [2.24, 2.45) is 0 Å². The van der Waals surface area contributed by atoms with Crippen molar-refractivity contribution < 1.29 is 4.42 Å². The van der Waals surface area contributed by atoms with Crippen LogP contribution in [0.2, 0.25) is 0 Å². The van der Waals surface area contributed by atoms with E-state index in [-0.39, 0.29) is 6.04 Å². The summed E-state index contributed by atoms with van der Waals surface area (Å²) >= 11 is 1.75. The lowest BCUT2D eigenvalue weighted by Crippen LogP contribution is -2.19. The molecule has 0 amide bonds. The number of hydrogen-bond donors (Lipinski definition) is 2. The Morgan fingerprint density at radius 2 is 2.20 bits per heavy atom. The minimum Gasteiger partial charge on any atom is -0.406 e. The molecule has 2 aromatic rings. The molecule has 2 rings (SSSR count). The van der Waals surface area contributed by atoms with Crippen LogP contribution in [-0.2, 0) is 13.0 Å². The minimum atomic E-state index is 0.0888. The summed E-state index contributed by atoms with van der Waals surface area (Å²) in [7, 11) is 0. The van der Waals surface area contributed by atoms with E-state index >= 15 is 0 Å². The minimum absolute atomic E-state index is 0.0888. The molecule has 6 heteroatoms. The molecule has 20 heavy (non-hydrogen) atoms. The summed E-state index contributed by atoms with van der Waals surface area (Å²) in [6.45, 7) is 8.01. The van der Waals surface area contributed by atoms with Crippen molar-refractivity contribution in [3.63, 3.8) is 0 Å². The molecule has 2 aromatic heterocycles. The van der Waals surface area contributed by atoms with E-state index in [0.29, 0.717) is 11.9 Å². The molecule has 0 aliphatic carbocycles. The summed E-state index contributed by atoms with van der Waals surface area (Å²) in [5.74, 6) is 0.628. The van der Waals surface area contributed by atoms with Gasteiger partial charge in [0.05, 0.1) is 12.6 Å². The summed E-state index contributed by atoms with van der Waals surface area (Å²) < 4.78 is 5.62. The van der Waals surface area contributed by atoms with Gasteiger partial charge < -0.3 is 15.1 Å². The molecule has 0 aliphatic rings. The molecule has 2 N–H and O–H groups in total. The first-order valence-corrected chi connectivity index (χ1v) is 7.98. The van der Waals surface area contributed by atoms with Gasteiger partial charge in [-0.15, -0.1) is 16.4 Å². The van der Waals surface area contributed by atoms with Gasteiger partial charge >= 0.3 is 6.01 Å². The van der Waals surface area contributed by atoms with Crippen LogP contribution >= 0.6 is 11.3 Å². The smallest absolute Gasteiger partial charge is 0.315 e. The molecule has 110 valence electrons. The van der Waals surface area contributed by atoms with E-state index < -0.39 is 0 Å². The van der Waals surface area contributed by atoms with Gasteiger partial charge in [-0.05, 0) is 43.3 Å². The Morgan fingerprint density at radius 3 is 2.95 bits per heavy atom. The van der Waals surface area contributed by atoms with Gasteiger partial charge in [0.15, 0.2) is 0 Å². The molecule has 0 radical (unpaired) electrons. The van der Waals surface area contributed by atoms with E-state index in [9.17, 15) is 0 Å². The highest BCUT2D eigenvalue weighted by Gasteiger charge is 2.13. The molecule has 0 aliphatic heterocycles. The molecule has 0 aromatic carbocycles. The van der Waals surface area contributed by atoms with Crippen LogP contribution < -0.4 is 10.6 Å². The number of nitrogens with one attached hydrogen (secondary N) is 2. The van der Waals surface area contributed by atoms with Gasteiger partial charge in [0.2, 0.25) is 5.89 Å². The third kappa shape index (κ3) is 3.80. The van der Waals surface area contributed by atoms with Crippen molar-refractivity contribution in [3.05, 3.63) is 27.8 Å². The number of aromatic nitrogens is 2. The summed E-state index contributed by atoms with van der Waals surface area (Å²) in [5, 5.41) is 16.8. The lowest BCUT2D eigenvalue weighted by Gasteiger charge is -2.07. The van der Waals surface area contributed by atoms with Gasteiger partial charge in [0.25, 0.3) is 0 Å². The monoisotopic (exact) mass is 294 g/mol. The highest BCUT2D eigenvalue weighted by Crippen LogP contribution is 2.19. The average molecular weight is 294 g/mol. The Balaban J connectivity index is 1.89. The molecule has 2 heterocycles. The summed E-state index contributed by atoms with van der Waals surface area (Å²) in [5.41, 5.74) is 1.38. The second-order valence-electron chi connectivity index (χ2n) is 4.70. The second-order valence-corrected chi connectivity index (χ2v) is 5.70. The van der Waals surface area contributed by atoms with E-state index in [0.717, 1.165) is 25.9 Å². The summed E-state index contributed by atoms with van der Waals surface area (Å²) in [6, 6.07) is 2.74. The van der Waals surface area contributed by atoms with Crippen LogP contribution in [0.3, 0.4) is 0 Å². The Labute approximate surface area is 123 Å². The van der Waals surface area contributed by atoms with Crippen molar-refractivity contribution in [1.82, 2.24) is 15.5 Å². The molecule has 0 saturated carbocycles. The van der Waals surface area contributed by atoms with Crippen LogP contribution in [0.15, 0.2) is 15.9 Å². The summed E-state index contributed by atoms with van der Waals surface area (Å²) in [6.07, 6.45) is 2.13. The Bertz CT molecular complexity index is 523. The molecule has 1 atom stereocenters. The van der Waals surface area contributed by atoms with Crippen LogP contribution in [0, 0.1) is 0 Å². The van der Waals surface area contributed by atoms with Gasteiger partial charge in [-0.3, -0.25) is 0 Å². The first-order chi connectivity index (χ1) is 9.74. The maximum atomic E-state index is 5.62. The zero-order valence-electron chi connectivity index (χ0n) is 12.3. The van der Waals surface area contributed by atoms with E-state index in [1.807, 2.05) is 6.92 Å². The third-order valence-electron chi connectivity index (χ3n) is 3.13. The van der Waals surface area contributed by atoms with Crippen molar-refractivity contribution >= 4 is 17.4 Å². The lowest BCUT2D eigenvalue weighted by molar-refractivity contribution is 0.423. The number of thiophene rings is 1. The van der Waals surface area contributed by atoms with Gasteiger partial charge in [0.1, 0.15) is 0 Å². The van der Waals surface area contributed by atoms with E-state index in [2.05, 4.69) is 46.1 Å². The first kappa shape index (κ1) is 15.0. The number of nitrogens with zero attached hydrogens (tertiary/aromatic N) is 2. The summed E-state index contributed by atoms with van der Waals surface area (Å²) in [4.78, 5) is 1.32. The standard InChI is InChI=1S/C14H22N4OS/c1-4-7-15-10(3)13-17-18-14(19-13)16-9-12-11(5-2)6-8-20-12/h6,8,10,15H,4-5,7,9H2,1-3H3,(H,16,18). The fraction of sp³-hybridized carbons (Fsp3) is 0.571. The van der Waals surface area contributed by atoms with Crippen LogP contribution in [0.5, 0.6) is 0 Å². The van der Waals surface area contributed by atoms with Gasteiger partial charge in [-0.1, -0.05) is 18.9 Å². The Hall–Kier alpha value is -1.40. The fourth-order valence-electron chi connectivity index (χ4n) is 1.92. The van der Waals surface area contributed by atoms with Crippen LogP contribution in [0.25, 0.3) is 0 Å². The number of hydrogen-bond acceptors (Lipinski definition) is 6. The van der Waals surface area contributed by atoms with E-state index in [4.69, 9.17) is 4.42 Å². The van der Waals surface area contributed by atoms with Gasteiger partial charge in [-0.25, -0.2) is 0 Å². The normalized spacial score (nSPS) is 12.6. The quantitative estimate of drug-likeness (QED) is 0.781. The van der Waals surface area contributed by atoms with E-state index in [1.54, 1.807) is 11.3 Å². The molecular formula is C14H22N4OS. The van der Waals surface area contributed by atoms with E-state index in [1.165, 1.54) is 10.4 Å². The highest BCUT2D eigenvalue weighted by molar-refractivity contribution is 7.10. The number of aryl methyl sites for hydroxylation is 1. The molecule has 5 nitrogen and oxygen atoms in total. The Morgan fingerprint density at radius 1 is 1.35 bits per heavy atom. The molecule has 0 saturated heterocycles. The highest BCUT2D eigenvalue weighted by atomic mass is 32.1. The van der Waals surface area contributed by atoms with Crippen LogP contribution in [0.4, 0.5) is 6.01 Å². The second kappa shape index (κ2) is 7.40. The maximum Gasteiger partial charge on any atom is 0.315 e. The van der Waals surface area contributed by atoms with Crippen molar-refractivity contribution in [3.8, 4) is 0 Å². The zero-order valence-corrected chi connectivity index (χ0v) is 13.1. The van der Waals surface area contributed by atoms with Crippen molar-refractivity contribution in [1.29, 1.82) is 0 Å². The predicted molar refractivity (Wildman–Crippen MR) is 82.0 cm³/mol. The average Bonchev–Trinajstić information content (AvgIpc) is 3.10. The number of rotatable bonds is 8. The topological polar surface area (TPSA) is 63.0 Å². The van der Waals surface area contributed by atoms with Gasteiger partial charge in [0, 0.05) is 4.88 Å². The van der Waals surface area contributed by atoms with Crippen molar-refractivity contribution in [2.45, 2.75) is 46.2 Å². The largest absolute Gasteiger partial charge is 0.406 e. The van der Waals surface area contributed by atoms with Gasteiger partial charge in [-0.2, -0.15) is 0 Å². The zero-order chi connectivity index (χ0) is 14.4. The SMILES string of the molecule is CCCNC(C)c1nnc(NCc2sccc2CC)o1. The predicted octanol–water partition coefficient (Wildman–Crippen LogP) is 3.37. The van der Waals surface area contributed by atoms with Crippen LogP contribution in [-0.4, -0.2) is 16.7 Å². The molecule has 0 bridgehead atoms. The van der Waals surface area contributed by atoms with Crippen molar-refractivity contribution in [2.75, 3.05) is 11.9 Å². The van der Waals surface area contributed by atoms with Crippen LogP contribution in [0.1, 0.15) is 49.6 Å². The molecular weight excluding hydrogens is 272 g/mol. The third-order valence-corrected chi connectivity index (χ3v) is 4.09. The first-order valence-electron chi connectivity index (χ1n) is 7.10. The molecule has 1 unspecified atom stereocenters. The molecule has 0 spiro atoms. The Kier molecular flexibility index (Phi) is 5.55. The molecule has 0 fully saturated rings.